The highest BCUT2D eigenvalue weighted by molar-refractivity contribution is 7.91. The van der Waals surface area contributed by atoms with Crippen LogP contribution in [0.25, 0.3) is 50.5 Å². The van der Waals surface area contributed by atoms with Gasteiger partial charge in [-0.15, -0.1) is 0 Å². The molecular weight excluding hydrogens is 528 g/mol. The highest BCUT2D eigenvalue weighted by Crippen LogP contribution is 2.33. The van der Waals surface area contributed by atoms with Gasteiger partial charge in [-0.25, -0.2) is 18.4 Å². The molecule has 0 N–H and O–H groups in total. The minimum absolute atomic E-state index is 0.250. The van der Waals surface area contributed by atoms with Crippen molar-refractivity contribution >= 4 is 31.9 Å². The molecule has 0 spiro atoms. The molecule has 0 amide bonds. The van der Waals surface area contributed by atoms with E-state index in [4.69, 9.17) is 9.97 Å². The summed E-state index contributed by atoms with van der Waals surface area (Å²) < 4.78 is 30.7. The first-order valence-corrected chi connectivity index (χ1v) is 14.8. The summed E-state index contributed by atoms with van der Waals surface area (Å²) in [5, 5.41) is 0. The van der Waals surface area contributed by atoms with Gasteiger partial charge in [-0.2, -0.15) is 0 Å². The Balaban J connectivity index is 1.34. The summed E-state index contributed by atoms with van der Waals surface area (Å²) >= 11 is 0. The molecule has 200 valence electrons. The van der Waals surface area contributed by atoms with Gasteiger partial charge in [-0.1, -0.05) is 60.2 Å². The Bertz CT molecular complexity index is 2180. The number of aryl methyl sites for hydroxylation is 2. The fourth-order valence-electron chi connectivity index (χ4n) is 5.31. The zero-order valence-corrected chi connectivity index (χ0v) is 23.4. The van der Waals surface area contributed by atoms with Gasteiger partial charge in [0, 0.05) is 23.9 Å². The molecule has 6 nitrogen and oxygen atoms in total. The summed E-state index contributed by atoms with van der Waals surface area (Å²) in [6, 6.07) is 38.2. The Hall–Kier alpha value is -5.01. The van der Waals surface area contributed by atoms with Crippen molar-refractivity contribution in [2.24, 2.45) is 7.05 Å². The highest BCUT2D eigenvalue weighted by atomic mass is 32.2. The summed E-state index contributed by atoms with van der Waals surface area (Å²) in [4.78, 5) is 10.4. The number of imidazole rings is 2. The number of fused-ring (bicyclic) bond motifs is 2. The fourth-order valence-corrected chi connectivity index (χ4v) is 6.57. The maximum absolute atomic E-state index is 13.3. The van der Waals surface area contributed by atoms with Crippen LogP contribution in [0.5, 0.6) is 0 Å². The summed E-state index contributed by atoms with van der Waals surface area (Å²) in [6.45, 7) is 1.94. The number of hydrogen-bond donors (Lipinski definition) is 0. The molecule has 0 fully saturated rings. The number of sulfone groups is 1. The molecular formula is C34H26N4O2S. The van der Waals surface area contributed by atoms with Crippen LogP contribution >= 0.6 is 0 Å². The molecule has 2 heterocycles. The Morgan fingerprint density at radius 1 is 0.585 bits per heavy atom. The summed E-state index contributed by atoms with van der Waals surface area (Å²) in [6.07, 6.45) is 0. The van der Waals surface area contributed by atoms with Gasteiger partial charge in [-0.3, -0.25) is 4.57 Å². The van der Waals surface area contributed by atoms with Crippen LogP contribution in [0.1, 0.15) is 5.56 Å². The second-order valence-electron chi connectivity index (χ2n) is 10.1. The predicted molar refractivity (Wildman–Crippen MR) is 163 cm³/mol. The van der Waals surface area contributed by atoms with E-state index in [1.54, 1.807) is 24.3 Å². The largest absolute Gasteiger partial charge is 0.327 e. The van der Waals surface area contributed by atoms with Crippen molar-refractivity contribution in [2.75, 3.05) is 0 Å². The summed E-state index contributed by atoms with van der Waals surface area (Å²) in [7, 11) is -1.61. The van der Waals surface area contributed by atoms with E-state index in [1.165, 1.54) is 0 Å². The minimum Gasteiger partial charge on any atom is -0.327 e. The standard InChI is InChI=1S/C34H26N4O2S/c1-23-14-18-27(19-15-23)41(39,40)28-20-16-26(17-21-28)38-32-13-6-4-11-30(32)36-34(38)25-9-7-8-24(22-25)33-35-29-10-3-5-12-31(29)37(33)2/h3-22H,1-2H3. The Morgan fingerprint density at radius 3 is 1.78 bits per heavy atom. The third kappa shape index (κ3) is 4.22. The van der Waals surface area contributed by atoms with Crippen LogP contribution in [0, 0.1) is 6.92 Å². The van der Waals surface area contributed by atoms with E-state index in [1.807, 2.05) is 92.8 Å². The second kappa shape index (κ2) is 9.57. The Kier molecular flexibility index (Phi) is 5.83. The monoisotopic (exact) mass is 554 g/mol. The van der Waals surface area contributed by atoms with Gasteiger partial charge in [0.25, 0.3) is 0 Å². The molecule has 0 unspecified atom stereocenters. The number of para-hydroxylation sites is 4. The lowest BCUT2D eigenvalue weighted by Crippen LogP contribution is -2.03. The van der Waals surface area contributed by atoms with Crippen LogP contribution < -0.4 is 0 Å². The van der Waals surface area contributed by atoms with E-state index in [-0.39, 0.29) is 9.79 Å². The van der Waals surface area contributed by atoms with Gasteiger partial charge in [0.2, 0.25) is 9.84 Å². The molecule has 7 aromatic rings. The third-order valence-corrected chi connectivity index (χ3v) is 9.25. The lowest BCUT2D eigenvalue weighted by atomic mass is 10.1. The SMILES string of the molecule is Cc1ccc(S(=O)(=O)c2ccc(-n3c(-c4cccc(-c5nc6ccccc6n5C)c4)nc4ccccc43)cc2)cc1. The van der Waals surface area contributed by atoms with Crippen molar-refractivity contribution < 1.29 is 8.42 Å². The fraction of sp³-hybridized carbons (Fsp3) is 0.0588. The van der Waals surface area contributed by atoms with Crippen LogP contribution in [0.15, 0.2) is 131 Å². The highest BCUT2D eigenvalue weighted by Gasteiger charge is 2.20. The molecule has 0 saturated heterocycles. The minimum atomic E-state index is -3.63. The Morgan fingerprint density at radius 2 is 1.12 bits per heavy atom. The van der Waals surface area contributed by atoms with Crippen molar-refractivity contribution in [1.82, 2.24) is 19.1 Å². The van der Waals surface area contributed by atoms with Crippen molar-refractivity contribution in [2.45, 2.75) is 16.7 Å². The molecule has 7 heteroatoms. The first-order chi connectivity index (χ1) is 19.9. The van der Waals surface area contributed by atoms with Crippen LogP contribution in [0.4, 0.5) is 0 Å². The number of rotatable bonds is 5. The average Bonchev–Trinajstić information content (AvgIpc) is 3.56. The molecule has 0 aliphatic carbocycles. The molecule has 41 heavy (non-hydrogen) atoms. The van der Waals surface area contributed by atoms with Crippen molar-refractivity contribution in [1.29, 1.82) is 0 Å². The topological polar surface area (TPSA) is 69.8 Å². The smallest absolute Gasteiger partial charge is 0.206 e. The van der Waals surface area contributed by atoms with Gasteiger partial charge < -0.3 is 4.57 Å². The van der Waals surface area contributed by atoms with Gasteiger partial charge >= 0.3 is 0 Å². The number of aromatic nitrogens is 4. The van der Waals surface area contributed by atoms with Gasteiger partial charge in [0.05, 0.1) is 31.9 Å². The van der Waals surface area contributed by atoms with Crippen molar-refractivity contribution in [3.05, 3.63) is 127 Å². The normalized spacial score (nSPS) is 11.9. The van der Waals surface area contributed by atoms with Gasteiger partial charge in [-0.05, 0) is 73.7 Å². The second-order valence-corrected chi connectivity index (χ2v) is 12.1. The van der Waals surface area contributed by atoms with E-state index >= 15 is 0 Å². The zero-order chi connectivity index (χ0) is 28.1. The van der Waals surface area contributed by atoms with Crippen LogP contribution in [-0.4, -0.2) is 27.5 Å². The van der Waals surface area contributed by atoms with E-state index in [0.717, 1.165) is 56.1 Å². The molecule has 0 aliphatic heterocycles. The molecule has 2 aromatic heterocycles. The molecule has 0 saturated carbocycles. The lowest BCUT2D eigenvalue weighted by Gasteiger charge is -2.12. The van der Waals surface area contributed by atoms with E-state index in [0.29, 0.717) is 0 Å². The summed E-state index contributed by atoms with van der Waals surface area (Å²) in [5.41, 5.74) is 7.56. The molecule has 0 aliphatic rings. The van der Waals surface area contributed by atoms with E-state index in [2.05, 4.69) is 27.3 Å². The first kappa shape index (κ1) is 25.0. The van der Waals surface area contributed by atoms with Crippen molar-refractivity contribution in [3.8, 4) is 28.5 Å². The first-order valence-electron chi connectivity index (χ1n) is 13.3. The maximum Gasteiger partial charge on any atom is 0.206 e. The Labute approximate surface area is 238 Å². The third-order valence-electron chi connectivity index (χ3n) is 7.46. The lowest BCUT2D eigenvalue weighted by molar-refractivity contribution is 0.596. The molecule has 0 bridgehead atoms. The average molecular weight is 555 g/mol. The number of benzene rings is 5. The molecule has 0 radical (unpaired) electrons. The van der Waals surface area contributed by atoms with Crippen LogP contribution in [0.2, 0.25) is 0 Å². The van der Waals surface area contributed by atoms with Gasteiger partial charge in [0.1, 0.15) is 11.6 Å². The van der Waals surface area contributed by atoms with Gasteiger partial charge in [0.15, 0.2) is 0 Å². The molecule has 7 rings (SSSR count). The van der Waals surface area contributed by atoms with Crippen LogP contribution in [0.3, 0.4) is 0 Å². The number of nitrogens with zero attached hydrogens (tertiary/aromatic N) is 4. The molecule has 5 aromatic carbocycles. The summed E-state index contributed by atoms with van der Waals surface area (Å²) in [5.74, 6) is 1.64. The predicted octanol–water partition coefficient (Wildman–Crippen LogP) is 7.39. The number of hydrogen-bond acceptors (Lipinski definition) is 4. The van der Waals surface area contributed by atoms with E-state index < -0.39 is 9.84 Å². The van der Waals surface area contributed by atoms with Crippen molar-refractivity contribution in [3.63, 3.8) is 0 Å². The maximum atomic E-state index is 13.3. The zero-order valence-electron chi connectivity index (χ0n) is 22.6. The molecule has 0 atom stereocenters. The van der Waals surface area contributed by atoms with Crippen LogP contribution in [-0.2, 0) is 16.9 Å². The quantitative estimate of drug-likeness (QED) is 0.222. The van der Waals surface area contributed by atoms with E-state index in [9.17, 15) is 8.42 Å².